The van der Waals surface area contributed by atoms with Crippen molar-refractivity contribution >= 4 is 17.9 Å². The first-order valence-electron chi connectivity index (χ1n) is 14.3. The van der Waals surface area contributed by atoms with Crippen molar-refractivity contribution in [3.05, 3.63) is 64.7 Å². The number of hydrogen-bond donors (Lipinski definition) is 3. The number of benzene rings is 2. The number of hydrogen-bond acceptors (Lipinski definition) is 5. The number of phenolic OH excluding ortho intramolecular Hbond substituents is 1. The highest BCUT2D eigenvalue weighted by atomic mass is 16.6. The maximum absolute atomic E-state index is 14.5. The van der Waals surface area contributed by atoms with Crippen LogP contribution in [0.4, 0.5) is 4.79 Å². The zero-order valence-electron chi connectivity index (χ0n) is 24.9. The van der Waals surface area contributed by atoms with Crippen molar-refractivity contribution in [2.45, 2.75) is 110 Å². The standard InChI is InChI=1S/C32H45N3O5/c1-8-10-21(3)33-29(37)28(26-12-9-11-20(2)22(26)4)35(24-15-16-24)30(38)27(34-31(39)40-32(5,6)7)19-23-13-17-25(36)18-14-23/h9,11-14,17-18,21,24,27-28,36H,8,10,15-16,19H2,1-7H3,(H,33,37)(H,34,39). The number of aromatic hydroxyl groups is 1. The van der Waals surface area contributed by atoms with Crippen LogP contribution in [0.3, 0.4) is 0 Å². The van der Waals surface area contributed by atoms with Gasteiger partial charge in [-0.3, -0.25) is 9.59 Å². The summed E-state index contributed by atoms with van der Waals surface area (Å²) in [5.41, 5.74) is 2.78. The molecule has 0 saturated heterocycles. The van der Waals surface area contributed by atoms with Gasteiger partial charge < -0.3 is 25.4 Å². The molecule has 0 aromatic heterocycles. The SMILES string of the molecule is CCCC(C)NC(=O)C(c1cccc(C)c1C)N(C(=O)C(Cc1ccc(O)cc1)NC(=O)OC(C)(C)C)C1CC1. The summed E-state index contributed by atoms with van der Waals surface area (Å²) in [4.78, 5) is 43.0. The van der Waals surface area contributed by atoms with Gasteiger partial charge in [0.15, 0.2) is 0 Å². The van der Waals surface area contributed by atoms with Gasteiger partial charge in [0.1, 0.15) is 23.4 Å². The van der Waals surface area contributed by atoms with Crippen molar-refractivity contribution in [1.29, 1.82) is 0 Å². The van der Waals surface area contributed by atoms with Crippen LogP contribution in [0.25, 0.3) is 0 Å². The summed E-state index contributed by atoms with van der Waals surface area (Å²) in [5, 5.41) is 15.7. The summed E-state index contributed by atoms with van der Waals surface area (Å²) in [7, 11) is 0. The van der Waals surface area contributed by atoms with Gasteiger partial charge in [0, 0.05) is 18.5 Å². The van der Waals surface area contributed by atoms with Gasteiger partial charge in [-0.2, -0.15) is 0 Å². The zero-order chi connectivity index (χ0) is 29.6. The highest BCUT2D eigenvalue weighted by Gasteiger charge is 2.44. The second kappa shape index (κ2) is 13.2. The number of nitrogens with one attached hydrogen (secondary N) is 2. The van der Waals surface area contributed by atoms with Crippen LogP contribution in [0, 0.1) is 13.8 Å². The topological polar surface area (TPSA) is 108 Å². The van der Waals surface area contributed by atoms with E-state index in [9.17, 15) is 19.5 Å². The summed E-state index contributed by atoms with van der Waals surface area (Å²) in [6.45, 7) is 13.3. The maximum atomic E-state index is 14.5. The van der Waals surface area contributed by atoms with Crippen LogP contribution in [0.5, 0.6) is 5.75 Å². The van der Waals surface area contributed by atoms with Gasteiger partial charge in [-0.1, -0.05) is 43.7 Å². The Labute approximate surface area is 238 Å². The third kappa shape index (κ3) is 8.47. The van der Waals surface area contributed by atoms with E-state index < -0.39 is 23.8 Å². The summed E-state index contributed by atoms with van der Waals surface area (Å²) >= 11 is 0. The summed E-state index contributed by atoms with van der Waals surface area (Å²) < 4.78 is 5.50. The average molecular weight is 552 g/mol. The van der Waals surface area contributed by atoms with E-state index in [0.29, 0.717) is 0 Å². The Bertz CT molecular complexity index is 1180. The van der Waals surface area contributed by atoms with E-state index in [-0.39, 0.29) is 36.1 Å². The normalized spacial score (nSPS) is 15.5. The van der Waals surface area contributed by atoms with Crippen LogP contribution in [-0.2, 0) is 20.7 Å². The van der Waals surface area contributed by atoms with Crippen LogP contribution in [-0.4, -0.2) is 51.6 Å². The van der Waals surface area contributed by atoms with Crippen LogP contribution in [0.1, 0.15) is 88.6 Å². The number of alkyl carbamates (subject to hydrolysis) is 1. The molecule has 1 aliphatic rings. The smallest absolute Gasteiger partial charge is 0.408 e. The fourth-order valence-corrected chi connectivity index (χ4v) is 4.88. The van der Waals surface area contributed by atoms with Crippen LogP contribution in [0.2, 0.25) is 0 Å². The van der Waals surface area contributed by atoms with Crippen LogP contribution < -0.4 is 10.6 Å². The van der Waals surface area contributed by atoms with Crippen molar-refractivity contribution in [3.8, 4) is 5.75 Å². The van der Waals surface area contributed by atoms with Crippen molar-refractivity contribution in [1.82, 2.24) is 15.5 Å². The Kier molecular flexibility index (Phi) is 10.2. The third-order valence-electron chi connectivity index (χ3n) is 7.14. The monoisotopic (exact) mass is 551 g/mol. The van der Waals surface area contributed by atoms with Crippen molar-refractivity contribution < 1.29 is 24.2 Å². The minimum Gasteiger partial charge on any atom is -0.508 e. The second-order valence-corrected chi connectivity index (χ2v) is 11.9. The van der Waals surface area contributed by atoms with Crippen LogP contribution in [0.15, 0.2) is 42.5 Å². The molecule has 3 amide bonds. The van der Waals surface area contributed by atoms with Gasteiger partial charge in [-0.25, -0.2) is 4.79 Å². The molecular weight excluding hydrogens is 506 g/mol. The molecule has 1 saturated carbocycles. The highest BCUT2D eigenvalue weighted by Crippen LogP contribution is 2.37. The van der Waals surface area contributed by atoms with Gasteiger partial charge in [0.2, 0.25) is 11.8 Å². The number of nitrogens with zero attached hydrogens (tertiary/aromatic N) is 1. The lowest BCUT2D eigenvalue weighted by atomic mass is 9.94. The number of carbonyl (C=O) groups excluding carboxylic acids is 3. The predicted molar refractivity (Wildman–Crippen MR) is 156 cm³/mol. The van der Waals surface area contributed by atoms with Gasteiger partial charge in [-0.15, -0.1) is 0 Å². The fraction of sp³-hybridized carbons (Fsp3) is 0.531. The molecule has 8 nitrogen and oxygen atoms in total. The number of ether oxygens (including phenoxy) is 1. The van der Waals surface area contributed by atoms with E-state index in [1.165, 1.54) is 0 Å². The van der Waals surface area contributed by atoms with E-state index in [4.69, 9.17) is 4.74 Å². The van der Waals surface area contributed by atoms with Crippen molar-refractivity contribution in [2.75, 3.05) is 0 Å². The Balaban J connectivity index is 2.04. The lowest BCUT2D eigenvalue weighted by molar-refractivity contribution is -0.143. The molecule has 218 valence electrons. The molecule has 0 bridgehead atoms. The van der Waals surface area contributed by atoms with Gasteiger partial charge in [0.05, 0.1) is 0 Å². The van der Waals surface area contributed by atoms with Crippen LogP contribution >= 0.6 is 0 Å². The molecule has 0 spiro atoms. The maximum Gasteiger partial charge on any atom is 0.408 e. The minimum atomic E-state index is -0.978. The molecule has 8 heteroatoms. The molecule has 1 aliphatic carbocycles. The number of carbonyl (C=O) groups is 3. The molecule has 3 atom stereocenters. The lowest BCUT2D eigenvalue weighted by Gasteiger charge is -2.36. The molecule has 2 aromatic carbocycles. The average Bonchev–Trinajstić information content (AvgIpc) is 3.69. The van der Waals surface area contributed by atoms with Crippen molar-refractivity contribution in [3.63, 3.8) is 0 Å². The van der Waals surface area contributed by atoms with E-state index in [1.807, 2.05) is 39.0 Å². The summed E-state index contributed by atoms with van der Waals surface area (Å²) in [6.07, 6.45) is 2.79. The highest BCUT2D eigenvalue weighted by molar-refractivity contribution is 5.93. The molecule has 0 aliphatic heterocycles. The lowest BCUT2D eigenvalue weighted by Crippen LogP contribution is -2.55. The van der Waals surface area contributed by atoms with Crippen molar-refractivity contribution in [2.24, 2.45) is 0 Å². The molecular formula is C32H45N3O5. The zero-order valence-corrected chi connectivity index (χ0v) is 24.9. The first-order valence-corrected chi connectivity index (χ1v) is 14.3. The molecule has 40 heavy (non-hydrogen) atoms. The Hall–Kier alpha value is -3.55. The molecule has 2 aromatic rings. The third-order valence-corrected chi connectivity index (χ3v) is 7.14. The summed E-state index contributed by atoms with van der Waals surface area (Å²) in [6, 6.07) is 10.4. The van der Waals surface area contributed by atoms with E-state index in [0.717, 1.165) is 47.9 Å². The number of amides is 3. The number of aryl methyl sites for hydroxylation is 1. The Morgan fingerprint density at radius 2 is 1.70 bits per heavy atom. The largest absolute Gasteiger partial charge is 0.508 e. The van der Waals surface area contributed by atoms with Gasteiger partial charge in [0.25, 0.3) is 0 Å². The first-order chi connectivity index (χ1) is 18.8. The molecule has 3 N–H and O–H groups in total. The Morgan fingerprint density at radius 1 is 1.05 bits per heavy atom. The first kappa shape index (κ1) is 31.0. The number of phenols is 1. The molecule has 3 rings (SSSR count). The molecule has 0 heterocycles. The van der Waals surface area contributed by atoms with E-state index in [1.54, 1.807) is 49.9 Å². The quantitative estimate of drug-likeness (QED) is 0.343. The fourth-order valence-electron chi connectivity index (χ4n) is 4.88. The summed E-state index contributed by atoms with van der Waals surface area (Å²) in [5.74, 6) is -0.458. The minimum absolute atomic E-state index is 0.0473. The molecule has 1 fully saturated rings. The van der Waals surface area contributed by atoms with E-state index in [2.05, 4.69) is 17.6 Å². The molecule has 3 unspecified atom stereocenters. The van der Waals surface area contributed by atoms with E-state index >= 15 is 0 Å². The number of rotatable bonds is 11. The van der Waals surface area contributed by atoms with Gasteiger partial charge >= 0.3 is 6.09 Å². The molecule has 0 radical (unpaired) electrons. The predicted octanol–water partition coefficient (Wildman–Crippen LogP) is 5.48. The van der Waals surface area contributed by atoms with Gasteiger partial charge in [-0.05, 0) is 95.2 Å². The second-order valence-electron chi connectivity index (χ2n) is 11.9. The Morgan fingerprint density at radius 3 is 2.27 bits per heavy atom.